The summed E-state index contributed by atoms with van der Waals surface area (Å²) < 4.78 is 0. The third-order valence-corrected chi connectivity index (χ3v) is 4.45. The number of amides is 2. The third-order valence-electron chi connectivity index (χ3n) is 4.45. The van der Waals surface area contributed by atoms with Gasteiger partial charge in [-0.2, -0.15) is 0 Å². The topological polar surface area (TPSA) is 70.0 Å². The minimum absolute atomic E-state index is 0.103. The molecule has 1 N–H and O–H groups in total. The number of carbonyl (C=O) groups excluding carboxylic acids is 2. The van der Waals surface area contributed by atoms with E-state index in [1.54, 1.807) is 37.3 Å². The standard InChI is InChI=1S/C20H20N2O3/c1-12(21-25)13-5-8-15(9-6-13)22-18(23)16-10-7-14(20(2,3)4)11-17(16)19(22)24/h5-11,25H,1-4H3/b21-12+. The van der Waals surface area contributed by atoms with Gasteiger partial charge in [0, 0.05) is 0 Å². The average molecular weight is 336 g/mol. The molecule has 0 radical (unpaired) electrons. The molecule has 2 aromatic rings. The van der Waals surface area contributed by atoms with Gasteiger partial charge in [0.05, 0.1) is 22.5 Å². The Morgan fingerprint density at radius 1 is 0.960 bits per heavy atom. The third kappa shape index (κ3) is 2.82. The summed E-state index contributed by atoms with van der Waals surface area (Å²) in [5.41, 5.74) is 3.46. The number of imide groups is 1. The smallest absolute Gasteiger partial charge is 0.266 e. The molecule has 0 fully saturated rings. The van der Waals surface area contributed by atoms with E-state index < -0.39 is 0 Å². The van der Waals surface area contributed by atoms with Crippen molar-refractivity contribution in [2.24, 2.45) is 5.16 Å². The second kappa shape index (κ2) is 5.84. The molecule has 25 heavy (non-hydrogen) atoms. The maximum absolute atomic E-state index is 12.8. The first-order valence-corrected chi connectivity index (χ1v) is 8.06. The lowest BCUT2D eigenvalue weighted by atomic mass is 9.85. The van der Waals surface area contributed by atoms with Crippen LogP contribution >= 0.6 is 0 Å². The van der Waals surface area contributed by atoms with Crippen LogP contribution in [0.2, 0.25) is 0 Å². The predicted octanol–water partition coefficient (Wildman–Crippen LogP) is 3.98. The van der Waals surface area contributed by atoms with E-state index >= 15 is 0 Å². The van der Waals surface area contributed by atoms with Crippen molar-refractivity contribution in [1.29, 1.82) is 0 Å². The van der Waals surface area contributed by atoms with Gasteiger partial charge < -0.3 is 5.21 Å². The fraction of sp³-hybridized carbons (Fsp3) is 0.250. The van der Waals surface area contributed by atoms with Crippen LogP contribution in [0.3, 0.4) is 0 Å². The van der Waals surface area contributed by atoms with E-state index in [9.17, 15) is 9.59 Å². The molecule has 2 amide bonds. The summed E-state index contributed by atoms with van der Waals surface area (Å²) in [6, 6.07) is 12.2. The molecule has 0 atom stereocenters. The van der Waals surface area contributed by atoms with Crippen LogP contribution in [0, 0.1) is 0 Å². The molecule has 0 saturated heterocycles. The Morgan fingerprint density at radius 3 is 2.12 bits per heavy atom. The van der Waals surface area contributed by atoms with Crippen LogP contribution in [0.25, 0.3) is 0 Å². The van der Waals surface area contributed by atoms with Crippen molar-refractivity contribution in [3.63, 3.8) is 0 Å². The Kier molecular flexibility index (Phi) is 3.95. The van der Waals surface area contributed by atoms with Crippen LogP contribution < -0.4 is 4.90 Å². The van der Waals surface area contributed by atoms with Crippen molar-refractivity contribution in [3.8, 4) is 0 Å². The van der Waals surface area contributed by atoms with Crippen LogP contribution in [-0.4, -0.2) is 22.7 Å². The highest BCUT2D eigenvalue weighted by molar-refractivity contribution is 6.34. The van der Waals surface area contributed by atoms with Gasteiger partial charge in [0.15, 0.2) is 0 Å². The Bertz CT molecular complexity index is 890. The van der Waals surface area contributed by atoms with E-state index in [1.165, 1.54) is 4.90 Å². The highest BCUT2D eigenvalue weighted by Crippen LogP contribution is 2.32. The molecule has 5 heteroatoms. The van der Waals surface area contributed by atoms with Crippen molar-refractivity contribution >= 4 is 23.2 Å². The van der Waals surface area contributed by atoms with Gasteiger partial charge in [0.1, 0.15) is 0 Å². The number of nitrogens with zero attached hydrogens (tertiary/aromatic N) is 2. The summed E-state index contributed by atoms with van der Waals surface area (Å²) >= 11 is 0. The van der Waals surface area contributed by atoms with E-state index in [2.05, 4.69) is 25.9 Å². The first-order valence-electron chi connectivity index (χ1n) is 8.06. The quantitative estimate of drug-likeness (QED) is 0.390. The molecule has 0 unspecified atom stereocenters. The maximum Gasteiger partial charge on any atom is 0.266 e. The number of oxime groups is 1. The second-order valence-corrected chi connectivity index (χ2v) is 7.19. The number of benzene rings is 2. The first kappa shape index (κ1) is 16.9. The van der Waals surface area contributed by atoms with Gasteiger partial charge in [-0.25, -0.2) is 4.90 Å². The zero-order valence-electron chi connectivity index (χ0n) is 14.7. The largest absolute Gasteiger partial charge is 0.411 e. The highest BCUT2D eigenvalue weighted by Gasteiger charge is 2.37. The SMILES string of the molecule is C/C(=N\O)c1ccc(N2C(=O)c3ccc(C(C)(C)C)cc3C2=O)cc1. The monoisotopic (exact) mass is 336 g/mol. The van der Waals surface area contributed by atoms with E-state index in [0.717, 1.165) is 11.1 Å². The van der Waals surface area contributed by atoms with E-state index in [0.29, 0.717) is 22.5 Å². The van der Waals surface area contributed by atoms with Gasteiger partial charge in [-0.3, -0.25) is 9.59 Å². The molecule has 0 saturated carbocycles. The predicted molar refractivity (Wildman–Crippen MR) is 96.7 cm³/mol. The lowest BCUT2D eigenvalue weighted by molar-refractivity contribution is 0.0926. The molecular formula is C20H20N2O3. The summed E-state index contributed by atoms with van der Waals surface area (Å²) in [7, 11) is 0. The highest BCUT2D eigenvalue weighted by atomic mass is 16.4. The molecule has 5 nitrogen and oxygen atoms in total. The fourth-order valence-corrected chi connectivity index (χ4v) is 2.85. The minimum atomic E-state index is -0.319. The number of hydrogen-bond donors (Lipinski definition) is 1. The van der Waals surface area contributed by atoms with Crippen molar-refractivity contribution in [1.82, 2.24) is 0 Å². The van der Waals surface area contributed by atoms with Crippen molar-refractivity contribution in [2.75, 3.05) is 4.90 Å². The van der Waals surface area contributed by atoms with Gasteiger partial charge in [0.2, 0.25) is 0 Å². The molecular weight excluding hydrogens is 316 g/mol. The van der Waals surface area contributed by atoms with E-state index in [4.69, 9.17) is 5.21 Å². The Labute approximate surface area is 146 Å². The lowest BCUT2D eigenvalue weighted by Crippen LogP contribution is -2.29. The molecule has 1 aliphatic heterocycles. The zero-order chi connectivity index (χ0) is 18.4. The molecule has 128 valence electrons. The molecule has 1 aliphatic rings. The van der Waals surface area contributed by atoms with Crippen LogP contribution in [0.15, 0.2) is 47.6 Å². The Morgan fingerprint density at radius 2 is 1.56 bits per heavy atom. The molecule has 1 heterocycles. The lowest BCUT2D eigenvalue weighted by Gasteiger charge is -2.19. The Hall–Kier alpha value is -2.95. The van der Waals surface area contributed by atoms with Crippen molar-refractivity contribution in [2.45, 2.75) is 33.1 Å². The summed E-state index contributed by atoms with van der Waals surface area (Å²) in [6.07, 6.45) is 0. The normalized spacial score (nSPS) is 14.9. The molecule has 3 rings (SSSR count). The molecule has 0 aliphatic carbocycles. The molecule has 2 aromatic carbocycles. The molecule has 0 bridgehead atoms. The van der Waals surface area contributed by atoms with Crippen LogP contribution in [0.5, 0.6) is 0 Å². The molecule has 0 spiro atoms. The van der Waals surface area contributed by atoms with Crippen LogP contribution in [-0.2, 0) is 5.41 Å². The fourth-order valence-electron chi connectivity index (χ4n) is 2.85. The summed E-state index contributed by atoms with van der Waals surface area (Å²) in [5, 5.41) is 12.0. The van der Waals surface area contributed by atoms with E-state index in [1.807, 2.05) is 12.1 Å². The molecule has 0 aromatic heterocycles. The summed E-state index contributed by atoms with van der Waals surface area (Å²) in [4.78, 5) is 26.7. The number of fused-ring (bicyclic) bond motifs is 1. The number of rotatable bonds is 2. The average Bonchev–Trinajstić information content (AvgIpc) is 2.84. The minimum Gasteiger partial charge on any atom is -0.411 e. The van der Waals surface area contributed by atoms with Gasteiger partial charge in [-0.05, 0) is 47.7 Å². The van der Waals surface area contributed by atoms with Crippen LogP contribution in [0.1, 0.15) is 59.5 Å². The summed E-state index contributed by atoms with van der Waals surface area (Å²) in [6.45, 7) is 7.87. The van der Waals surface area contributed by atoms with Gasteiger partial charge in [-0.1, -0.05) is 44.1 Å². The van der Waals surface area contributed by atoms with Gasteiger partial charge in [-0.15, -0.1) is 0 Å². The number of anilines is 1. The van der Waals surface area contributed by atoms with Crippen LogP contribution in [0.4, 0.5) is 5.69 Å². The first-order chi connectivity index (χ1) is 11.7. The van der Waals surface area contributed by atoms with Gasteiger partial charge in [0.25, 0.3) is 11.8 Å². The van der Waals surface area contributed by atoms with Crippen molar-refractivity contribution in [3.05, 3.63) is 64.7 Å². The summed E-state index contributed by atoms with van der Waals surface area (Å²) in [5.74, 6) is -0.632. The Balaban J connectivity index is 2.00. The second-order valence-electron chi connectivity index (χ2n) is 7.19. The maximum atomic E-state index is 12.8. The number of hydrogen-bond acceptors (Lipinski definition) is 4. The number of carbonyl (C=O) groups is 2. The van der Waals surface area contributed by atoms with Gasteiger partial charge >= 0.3 is 0 Å². The van der Waals surface area contributed by atoms with Crippen molar-refractivity contribution < 1.29 is 14.8 Å². The van der Waals surface area contributed by atoms with E-state index in [-0.39, 0.29) is 17.2 Å². The zero-order valence-corrected chi connectivity index (χ0v) is 14.7.